The minimum Gasteiger partial charge on any atom is -0.339 e. The van der Waals surface area contributed by atoms with E-state index in [0.717, 1.165) is 0 Å². The van der Waals surface area contributed by atoms with Gasteiger partial charge in [0.25, 0.3) is 0 Å². The van der Waals surface area contributed by atoms with Gasteiger partial charge in [0.15, 0.2) is 12.6 Å². The van der Waals surface area contributed by atoms with Gasteiger partial charge in [0, 0.05) is 7.05 Å². The Morgan fingerprint density at radius 1 is 1.20 bits per heavy atom. The first-order valence-electron chi connectivity index (χ1n) is 2.85. The summed E-state index contributed by atoms with van der Waals surface area (Å²) >= 11 is 0. The molecule has 1 aromatic rings. The van der Waals surface area contributed by atoms with Crippen molar-refractivity contribution in [1.82, 2.24) is 4.57 Å². The van der Waals surface area contributed by atoms with Crippen molar-refractivity contribution in [1.29, 1.82) is 0 Å². The first kappa shape index (κ1) is 6.74. The molecule has 52 valence electrons. The summed E-state index contributed by atoms with van der Waals surface area (Å²) in [6.45, 7) is 0. The van der Waals surface area contributed by atoms with Crippen LogP contribution in [0.1, 0.15) is 21.0 Å². The second-order valence-corrected chi connectivity index (χ2v) is 1.98. The summed E-state index contributed by atoms with van der Waals surface area (Å²) in [5, 5.41) is 0. The highest BCUT2D eigenvalue weighted by Crippen LogP contribution is 2.01. The van der Waals surface area contributed by atoms with E-state index >= 15 is 0 Å². The molecule has 1 rings (SSSR count). The van der Waals surface area contributed by atoms with E-state index in [1.807, 2.05) is 0 Å². The van der Waals surface area contributed by atoms with Crippen molar-refractivity contribution in [3.8, 4) is 0 Å². The van der Waals surface area contributed by atoms with Gasteiger partial charge >= 0.3 is 0 Å². The Balaban J connectivity index is 3.20. The third-order valence-corrected chi connectivity index (χ3v) is 1.44. The van der Waals surface area contributed by atoms with E-state index in [2.05, 4.69) is 0 Å². The van der Waals surface area contributed by atoms with Gasteiger partial charge < -0.3 is 4.57 Å². The molecule has 0 saturated heterocycles. The summed E-state index contributed by atoms with van der Waals surface area (Å²) in [6, 6.07) is 3.22. The molecule has 0 aromatic carbocycles. The number of carbonyl (C=O) groups excluding carboxylic acids is 2. The molecule has 0 unspecified atom stereocenters. The number of carbonyl (C=O) groups is 2. The minimum atomic E-state index is 0.516. The Bertz CT molecular complexity index is 237. The molecular formula is C7H7NO2. The molecule has 10 heavy (non-hydrogen) atoms. The summed E-state index contributed by atoms with van der Waals surface area (Å²) < 4.78 is 1.54. The van der Waals surface area contributed by atoms with Gasteiger partial charge in [-0.25, -0.2) is 0 Å². The number of rotatable bonds is 2. The van der Waals surface area contributed by atoms with Crippen molar-refractivity contribution < 1.29 is 9.59 Å². The standard InChI is InChI=1S/C7H7NO2/c1-8-6(4-9)2-3-7(8)5-10/h2-5H,1H3. The summed E-state index contributed by atoms with van der Waals surface area (Å²) in [5.41, 5.74) is 1.03. The molecule has 0 aliphatic carbocycles. The van der Waals surface area contributed by atoms with Crippen LogP contribution in [0.25, 0.3) is 0 Å². The van der Waals surface area contributed by atoms with Gasteiger partial charge in [0.05, 0.1) is 11.4 Å². The van der Waals surface area contributed by atoms with E-state index < -0.39 is 0 Å². The molecule has 0 spiro atoms. The summed E-state index contributed by atoms with van der Waals surface area (Å²) in [6.07, 6.45) is 1.43. The SMILES string of the molecule is Cn1c(C=O)ccc1C=O. The molecule has 1 heterocycles. The highest BCUT2D eigenvalue weighted by Gasteiger charge is 1.99. The minimum absolute atomic E-state index is 0.516. The normalized spacial score (nSPS) is 9.30. The molecule has 3 heteroatoms. The lowest BCUT2D eigenvalue weighted by atomic mass is 10.4. The fraction of sp³-hybridized carbons (Fsp3) is 0.143. The maximum Gasteiger partial charge on any atom is 0.166 e. The predicted octanol–water partition coefficient (Wildman–Crippen LogP) is 0.650. The molecule has 3 nitrogen and oxygen atoms in total. The van der Waals surface area contributed by atoms with E-state index in [-0.39, 0.29) is 0 Å². The molecule has 0 bridgehead atoms. The second kappa shape index (κ2) is 2.47. The van der Waals surface area contributed by atoms with Crippen molar-refractivity contribution in [3.05, 3.63) is 23.5 Å². The van der Waals surface area contributed by atoms with E-state index in [4.69, 9.17) is 0 Å². The Morgan fingerprint density at radius 2 is 1.60 bits per heavy atom. The number of aromatic nitrogens is 1. The van der Waals surface area contributed by atoms with Crippen molar-refractivity contribution in [2.24, 2.45) is 7.05 Å². The van der Waals surface area contributed by atoms with Gasteiger partial charge in [-0.2, -0.15) is 0 Å². The Kier molecular flexibility index (Phi) is 1.67. The largest absolute Gasteiger partial charge is 0.339 e. The van der Waals surface area contributed by atoms with E-state index in [1.165, 1.54) is 0 Å². The van der Waals surface area contributed by atoms with Crippen molar-refractivity contribution in [3.63, 3.8) is 0 Å². The highest BCUT2D eigenvalue weighted by atomic mass is 16.1. The van der Waals surface area contributed by atoms with Crippen LogP contribution in [0.15, 0.2) is 12.1 Å². The number of aldehydes is 2. The number of nitrogens with zero attached hydrogens (tertiary/aromatic N) is 1. The van der Waals surface area contributed by atoms with Gasteiger partial charge in [-0.3, -0.25) is 9.59 Å². The van der Waals surface area contributed by atoms with Gasteiger partial charge in [-0.05, 0) is 12.1 Å². The molecule has 0 aliphatic heterocycles. The quantitative estimate of drug-likeness (QED) is 0.561. The molecule has 0 atom stereocenters. The first-order chi connectivity index (χ1) is 4.79. The highest BCUT2D eigenvalue weighted by molar-refractivity contribution is 5.79. The summed E-state index contributed by atoms with van der Waals surface area (Å²) in [7, 11) is 1.67. The average Bonchev–Trinajstić information content (AvgIpc) is 2.30. The summed E-state index contributed by atoms with van der Waals surface area (Å²) in [4.78, 5) is 20.4. The third-order valence-electron chi connectivity index (χ3n) is 1.44. The summed E-state index contributed by atoms with van der Waals surface area (Å²) in [5.74, 6) is 0. The van der Waals surface area contributed by atoms with Crippen LogP contribution in [-0.2, 0) is 7.05 Å². The predicted molar refractivity (Wildman–Crippen MR) is 36.2 cm³/mol. The zero-order chi connectivity index (χ0) is 7.56. The molecular weight excluding hydrogens is 130 g/mol. The fourth-order valence-corrected chi connectivity index (χ4v) is 0.780. The zero-order valence-corrected chi connectivity index (χ0v) is 5.57. The van der Waals surface area contributed by atoms with Crippen LogP contribution < -0.4 is 0 Å². The molecule has 0 N–H and O–H groups in total. The van der Waals surface area contributed by atoms with Gasteiger partial charge in [0.1, 0.15) is 0 Å². The van der Waals surface area contributed by atoms with Crippen LogP contribution in [0.3, 0.4) is 0 Å². The topological polar surface area (TPSA) is 39.1 Å². The number of hydrogen-bond acceptors (Lipinski definition) is 2. The zero-order valence-electron chi connectivity index (χ0n) is 5.57. The van der Waals surface area contributed by atoms with Gasteiger partial charge in [0.2, 0.25) is 0 Å². The van der Waals surface area contributed by atoms with E-state index in [1.54, 1.807) is 23.7 Å². The van der Waals surface area contributed by atoms with Gasteiger partial charge in [-0.1, -0.05) is 0 Å². The Morgan fingerprint density at radius 3 is 1.80 bits per heavy atom. The van der Waals surface area contributed by atoms with Crippen LogP contribution in [0.2, 0.25) is 0 Å². The Labute approximate surface area is 58.3 Å². The first-order valence-corrected chi connectivity index (χ1v) is 2.85. The van der Waals surface area contributed by atoms with Crippen molar-refractivity contribution in [2.45, 2.75) is 0 Å². The second-order valence-electron chi connectivity index (χ2n) is 1.98. The van der Waals surface area contributed by atoms with Crippen LogP contribution in [0.5, 0.6) is 0 Å². The lowest BCUT2D eigenvalue weighted by Gasteiger charge is -1.94. The fourth-order valence-electron chi connectivity index (χ4n) is 0.780. The van der Waals surface area contributed by atoms with E-state index in [9.17, 15) is 9.59 Å². The van der Waals surface area contributed by atoms with E-state index in [0.29, 0.717) is 24.0 Å². The molecule has 0 saturated carbocycles. The number of hydrogen-bond donors (Lipinski definition) is 0. The molecule has 0 radical (unpaired) electrons. The van der Waals surface area contributed by atoms with Crippen LogP contribution in [0, 0.1) is 0 Å². The third kappa shape index (κ3) is 0.857. The van der Waals surface area contributed by atoms with Crippen LogP contribution >= 0.6 is 0 Å². The Hall–Kier alpha value is -1.38. The average molecular weight is 137 g/mol. The molecule has 0 aliphatic rings. The van der Waals surface area contributed by atoms with Crippen LogP contribution in [0.4, 0.5) is 0 Å². The monoisotopic (exact) mass is 137 g/mol. The van der Waals surface area contributed by atoms with Crippen LogP contribution in [-0.4, -0.2) is 17.1 Å². The smallest absolute Gasteiger partial charge is 0.166 e. The molecule has 0 amide bonds. The van der Waals surface area contributed by atoms with Gasteiger partial charge in [-0.15, -0.1) is 0 Å². The maximum atomic E-state index is 10.2. The lowest BCUT2D eigenvalue weighted by molar-refractivity contribution is 0.111. The lowest BCUT2D eigenvalue weighted by Crippen LogP contribution is -1.98. The molecule has 1 aromatic heterocycles. The molecule has 0 fully saturated rings. The maximum absolute atomic E-state index is 10.2. The van der Waals surface area contributed by atoms with Crippen molar-refractivity contribution >= 4 is 12.6 Å². The van der Waals surface area contributed by atoms with Crippen molar-refractivity contribution in [2.75, 3.05) is 0 Å².